The Bertz CT molecular complexity index is 855. The number of rotatable bonds is 0. The molecule has 5 nitrogen and oxygen atoms in total. The van der Waals surface area contributed by atoms with E-state index in [0.717, 1.165) is 30.2 Å². The van der Waals surface area contributed by atoms with Crippen LogP contribution in [0.25, 0.3) is 0 Å². The van der Waals surface area contributed by atoms with Crippen LogP contribution >= 0.6 is 15.9 Å². The van der Waals surface area contributed by atoms with Crippen molar-refractivity contribution in [2.24, 2.45) is 10.7 Å². The van der Waals surface area contributed by atoms with E-state index in [-0.39, 0.29) is 0 Å². The third-order valence-electron chi connectivity index (χ3n) is 5.03. The van der Waals surface area contributed by atoms with Gasteiger partial charge in [0.1, 0.15) is 5.60 Å². The molecule has 0 radical (unpaired) electrons. The van der Waals surface area contributed by atoms with Crippen LogP contribution in [0.5, 0.6) is 11.5 Å². The lowest BCUT2D eigenvalue weighted by atomic mass is 9.91. The number of guanidine groups is 1. The van der Waals surface area contributed by atoms with E-state index in [1.807, 2.05) is 18.2 Å². The van der Waals surface area contributed by atoms with E-state index >= 15 is 0 Å². The van der Waals surface area contributed by atoms with E-state index in [1.165, 1.54) is 16.2 Å². The largest absolute Gasteiger partial charge is 0.481 e. The van der Waals surface area contributed by atoms with E-state index in [4.69, 9.17) is 15.3 Å². The molecule has 0 bridgehead atoms. The van der Waals surface area contributed by atoms with Crippen molar-refractivity contribution in [1.29, 1.82) is 0 Å². The van der Waals surface area contributed by atoms with Crippen molar-refractivity contribution in [1.82, 2.24) is 5.06 Å². The fourth-order valence-corrected chi connectivity index (χ4v) is 3.99. The number of ether oxygens (including phenoxy) is 1. The predicted octanol–water partition coefficient (Wildman–Crippen LogP) is 3.70. The van der Waals surface area contributed by atoms with Crippen molar-refractivity contribution in [3.05, 3.63) is 58.1 Å². The average Bonchev–Trinajstić information content (AvgIpc) is 2.78. The van der Waals surface area contributed by atoms with Crippen LogP contribution in [0.4, 0.5) is 0 Å². The quantitative estimate of drug-likeness (QED) is 0.712. The van der Waals surface area contributed by atoms with Gasteiger partial charge in [-0.05, 0) is 42.5 Å². The number of nitrogens with zero attached hydrogens (tertiary/aromatic N) is 2. The van der Waals surface area contributed by atoms with Crippen LogP contribution in [0.15, 0.2) is 51.9 Å². The fraction of sp³-hybridized carbons (Fsp3) is 0.350. The Hall–Kier alpha value is -2.21. The summed E-state index contributed by atoms with van der Waals surface area (Å²) < 4.78 is 7.52. The molecule has 1 aliphatic heterocycles. The fourth-order valence-electron chi connectivity index (χ4n) is 3.65. The van der Waals surface area contributed by atoms with Gasteiger partial charge < -0.3 is 15.3 Å². The molecular weight excluding hydrogens is 394 g/mol. The maximum absolute atomic E-state index is 6.60. The molecule has 2 aliphatic rings. The van der Waals surface area contributed by atoms with E-state index in [0.29, 0.717) is 24.0 Å². The van der Waals surface area contributed by atoms with Gasteiger partial charge >= 0.3 is 0 Å². The lowest BCUT2D eigenvalue weighted by Crippen LogP contribution is -2.42. The second kappa shape index (κ2) is 6.83. The Kier molecular flexibility index (Phi) is 4.53. The molecule has 0 fully saturated rings. The van der Waals surface area contributed by atoms with E-state index < -0.39 is 5.60 Å². The van der Waals surface area contributed by atoms with Gasteiger partial charge in [-0.25, -0.2) is 4.99 Å². The molecular formula is C20H22BrN3O2. The summed E-state index contributed by atoms with van der Waals surface area (Å²) in [4.78, 5) is 10.4. The van der Waals surface area contributed by atoms with Crippen molar-refractivity contribution in [2.75, 3.05) is 13.6 Å². The van der Waals surface area contributed by atoms with Crippen molar-refractivity contribution >= 4 is 21.9 Å². The van der Waals surface area contributed by atoms with Crippen LogP contribution < -0.4 is 15.3 Å². The first-order valence-corrected chi connectivity index (χ1v) is 9.61. The maximum atomic E-state index is 6.60. The SMILES string of the molecule is CN1Oc2cc(Br)ccc2OC2(CCCc3ccccc3C2)CN=C1N. The third kappa shape index (κ3) is 3.38. The van der Waals surface area contributed by atoms with Crippen LogP contribution in [0.2, 0.25) is 0 Å². The van der Waals surface area contributed by atoms with Crippen molar-refractivity contribution in [3.8, 4) is 11.5 Å². The van der Waals surface area contributed by atoms with E-state index in [2.05, 4.69) is 45.2 Å². The van der Waals surface area contributed by atoms with E-state index in [1.54, 1.807) is 7.05 Å². The molecule has 1 spiro atoms. The molecule has 2 N–H and O–H groups in total. The molecule has 1 unspecified atom stereocenters. The first-order valence-electron chi connectivity index (χ1n) is 8.82. The minimum absolute atomic E-state index is 0.346. The summed E-state index contributed by atoms with van der Waals surface area (Å²) in [7, 11) is 1.75. The van der Waals surface area contributed by atoms with Crippen LogP contribution in [0, 0.1) is 0 Å². The van der Waals surface area contributed by atoms with Gasteiger partial charge in [0, 0.05) is 24.0 Å². The maximum Gasteiger partial charge on any atom is 0.225 e. The third-order valence-corrected chi connectivity index (χ3v) is 5.52. The summed E-state index contributed by atoms with van der Waals surface area (Å²) in [6.07, 6.45) is 3.83. The summed E-state index contributed by atoms with van der Waals surface area (Å²) in [6, 6.07) is 14.4. The van der Waals surface area contributed by atoms with E-state index in [9.17, 15) is 0 Å². The standard InChI is InChI=1S/C20H22BrN3O2/c1-24-19(22)23-13-20(25-17-9-8-16(21)11-18(17)26-24)10-4-7-14-5-2-3-6-15(14)12-20/h2-3,5-6,8-9,11H,4,7,10,12-13H2,1H3,(H2,22,23). The summed E-state index contributed by atoms with van der Waals surface area (Å²) in [5.74, 6) is 1.68. The molecule has 1 heterocycles. The van der Waals surface area contributed by atoms with Crippen LogP contribution in [-0.2, 0) is 12.8 Å². The first kappa shape index (κ1) is 17.2. The molecule has 0 amide bonds. The number of aryl methyl sites for hydroxylation is 1. The van der Waals surface area contributed by atoms with Gasteiger partial charge in [-0.1, -0.05) is 40.2 Å². The van der Waals surface area contributed by atoms with Gasteiger partial charge in [0.15, 0.2) is 11.5 Å². The minimum Gasteiger partial charge on any atom is -0.481 e. The van der Waals surface area contributed by atoms with Crippen molar-refractivity contribution in [2.45, 2.75) is 31.3 Å². The number of nitrogens with two attached hydrogens (primary N) is 1. The van der Waals surface area contributed by atoms with Gasteiger partial charge in [-0.2, -0.15) is 5.06 Å². The predicted molar refractivity (Wildman–Crippen MR) is 105 cm³/mol. The highest BCUT2D eigenvalue weighted by molar-refractivity contribution is 9.10. The molecule has 1 atom stereocenters. The number of aliphatic imine (C=N–C) groups is 1. The summed E-state index contributed by atoms with van der Waals surface area (Å²) in [6.45, 7) is 0.496. The normalized spacial score (nSPS) is 22.5. The molecule has 6 heteroatoms. The van der Waals surface area contributed by atoms with Gasteiger partial charge in [-0.15, -0.1) is 0 Å². The lowest BCUT2D eigenvalue weighted by molar-refractivity contribution is 0.0331. The van der Waals surface area contributed by atoms with Gasteiger partial charge in [0.25, 0.3) is 0 Å². The average molecular weight is 416 g/mol. The highest BCUT2D eigenvalue weighted by atomic mass is 79.9. The monoisotopic (exact) mass is 415 g/mol. The number of hydrogen-bond donors (Lipinski definition) is 1. The minimum atomic E-state index is -0.436. The summed E-state index contributed by atoms with van der Waals surface area (Å²) >= 11 is 3.50. The molecule has 136 valence electrons. The first-order chi connectivity index (χ1) is 12.5. The Morgan fingerprint density at radius 2 is 1.96 bits per heavy atom. The molecule has 26 heavy (non-hydrogen) atoms. The molecule has 0 saturated carbocycles. The second-order valence-electron chi connectivity index (χ2n) is 6.94. The highest BCUT2D eigenvalue weighted by Crippen LogP contribution is 2.38. The van der Waals surface area contributed by atoms with Gasteiger partial charge in [0.2, 0.25) is 5.96 Å². The van der Waals surface area contributed by atoms with Crippen molar-refractivity contribution < 1.29 is 9.57 Å². The Labute approximate surface area is 161 Å². The van der Waals surface area contributed by atoms with Crippen LogP contribution in [-0.4, -0.2) is 30.2 Å². The molecule has 1 aliphatic carbocycles. The number of halogens is 1. The number of fused-ring (bicyclic) bond motifs is 2. The highest BCUT2D eigenvalue weighted by Gasteiger charge is 2.37. The van der Waals surface area contributed by atoms with Crippen LogP contribution in [0.3, 0.4) is 0 Å². The topological polar surface area (TPSA) is 60.1 Å². The molecule has 0 saturated heterocycles. The zero-order chi connectivity index (χ0) is 18.1. The zero-order valence-corrected chi connectivity index (χ0v) is 16.3. The Morgan fingerprint density at radius 1 is 1.15 bits per heavy atom. The number of benzene rings is 2. The van der Waals surface area contributed by atoms with Crippen molar-refractivity contribution in [3.63, 3.8) is 0 Å². The zero-order valence-electron chi connectivity index (χ0n) is 14.7. The summed E-state index contributed by atoms with van der Waals surface area (Å²) in [5, 5.41) is 1.48. The molecule has 0 aromatic heterocycles. The lowest BCUT2D eigenvalue weighted by Gasteiger charge is -2.32. The van der Waals surface area contributed by atoms with Gasteiger partial charge in [0.05, 0.1) is 6.54 Å². The Balaban J connectivity index is 1.79. The van der Waals surface area contributed by atoms with Crippen LogP contribution in [0.1, 0.15) is 24.0 Å². The van der Waals surface area contributed by atoms with Gasteiger partial charge in [-0.3, -0.25) is 0 Å². The number of hydrogen-bond acceptors (Lipinski definition) is 5. The Morgan fingerprint density at radius 3 is 2.81 bits per heavy atom. The second-order valence-corrected chi connectivity index (χ2v) is 7.85. The number of hydroxylamine groups is 2. The molecule has 2 aromatic carbocycles. The molecule has 4 rings (SSSR count). The molecule has 2 aromatic rings. The smallest absolute Gasteiger partial charge is 0.225 e. The summed E-state index contributed by atoms with van der Waals surface area (Å²) in [5.41, 5.74) is 8.41.